The molecule has 0 saturated carbocycles. The van der Waals surface area contributed by atoms with Crippen LogP contribution in [0.2, 0.25) is 0 Å². The fourth-order valence-corrected chi connectivity index (χ4v) is 1.29. The minimum absolute atomic E-state index is 0.0992. The van der Waals surface area contributed by atoms with Gasteiger partial charge in [-0.1, -0.05) is 20.8 Å². The highest BCUT2D eigenvalue weighted by Gasteiger charge is 2.23. The van der Waals surface area contributed by atoms with Gasteiger partial charge in [-0.3, -0.25) is 0 Å². The molecule has 88 valence electrons. The number of nitrogens with zero attached hydrogens (tertiary/aromatic N) is 2. The average molecular weight is 223 g/mol. The minimum Gasteiger partial charge on any atom is -0.469 e. The van der Waals surface area contributed by atoms with E-state index in [0.717, 1.165) is 0 Å². The molecule has 1 aromatic rings. The first-order valence-electron chi connectivity index (χ1n) is 5.34. The van der Waals surface area contributed by atoms with Gasteiger partial charge in [0, 0.05) is 11.5 Å². The van der Waals surface area contributed by atoms with Gasteiger partial charge in [-0.25, -0.2) is 4.98 Å². The van der Waals surface area contributed by atoms with Crippen LogP contribution in [0.3, 0.4) is 0 Å². The number of hydrogen-bond acceptors (Lipinski definition) is 5. The first kappa shape index (κ1) is 11.1. The van der Waals surface area contributed by atoms with Crippen LogP contribution in [0.1, 0.15) is 26.6 Å². The topological polar surface area (TPSA) is 70.3 Å². The van der Waals surface area contributed by atoms with Crippen molar-refractivity contribution in [2.75, 3.05) is 18.9 Å². The van der Waals surface area contributed by atoms with Crippen molar-refractivity contribution in [3.05, 3.63) is 11.9 Å². The smallest absolute Gasteiger partial charge is 0.219 e. The molecule has 1 aromatic heterocycles. The lowest BCUT2D eigenvalue weighted by Crippen LogP contribution is -2.39. The molecule has 0 bridgehead atoms. The van der Waals surface area contributed by atoms with E-state index < -0.39 is 0 Å². The molecule has 2 heterocycles. The molecule has 0 radical (unpaired) electrons. The molecule has 2 rings (SSSR count). The molecule has 0 aromatic carbocycles. The molecule has 0 unspecified atom stereocenters. The Bertz CT molecular complexity index is 383. The summed E-state index contributed by atoms with van der Waals surface area (Å²) in [6, 6.07) is 1.65. The van der Waals surface area contributed by atoms with Crippen LogP contribution in [0.5, 0.6) is 5.88 Å². The average Bonchev–Trinajstić information content (AvgIpc) is 2.09. The van der Waals surface area contributed by atoms with Crippen LogP contribution in [0, 0.1) is 0 Å². The number of rotatable bonds is 2. The Labute approximate surface area is 95.0 Å². The van der Waals surface area contributed by atoms with Crippen LogP contribution < -0.4 is 10.5 Å². The summed E-state index contributed by atoms with van der Waals surface area (Å²) in [4.78, 5) is 8.57. The largest absolute Gasteiger partial charge is 0.469 e. The first-order chi connectivity index (χ1) is 7.45. The monoisotopic (exact) mass is 223 g/mol. The third-order valence-corrected chi connectivity index (χ3v) is 2.29. The fourth-order valence-electron chi connectivity index (χ4n) is 1.29. The zero-order chi connectivity index (χ0) is 11.8. The molecule has 1 aliphatic heterocycles. The summed E-state index contributed by atoms with van der Waals surface area (Å²) in [5, 5.41) is 0. The molecule has 0 spiro atoms. The molecule has 5 heteroatoms. The Balaban J connectivity index is 2.21. The molecule has 0 atom stereocenters. The molecule has 1 aliphatic rings. The Kier molecular flexibility index (Phi) is 2.71. The Morgan fingerprint density at radius 1 is 1.38 bits per heavy atom. The Hall–Kier alpha value is -1.36. The summed E-state index contributed by atoms with van der Waals surface area (Å²) in [6.45, 7) is 7.36. The minimum atomic E-state index is -0.135. The van der Waals surface area contributed by atoms with Gasteiger partial charge >= 0.3 is 0 Å². The van der Waals surface area contributed by atoms with Crippen molar-refractivity contribution >= 4 is 5.82 Å². The predicted octanol–water partition coefficient (Wildman–Crippen LogP) is 1.13. The SMILES string of the molecule is CC(C)(C)c1nc(N)cc(OC2COC2)n1. The molecule has 5 nitrogen and oxygen atoms in total. The number of anilines is 1. The summed E-state index contributed by atoms with van der Waals surface area (Å²) in [5.74, 6) is 1.67. The second-order valence-electron chi connectivity index (χ2n) is 4.98. The molecular weight excluding hydrogens is 206 g/mol. The highest BCUT2D eigenvalue weighted by atomic mass is 16.6. The molecule has 0 aliphatic carbocycles. The van der Waals surface area contributed by atoms with Gasteiger partial charge < -0.3 is 15.2 Å². The van der Waals surface area contributed by atoms with Crippen LogP contribution in [-0.4, -0.2) is 29.3 Å². The van der Waals surface area contributed by atoms with Gasteiger partial charge in [0.25, 0.3) is 0 Å². The van der Waals surface area contributed by atoms with Crippen LogP contribution in [0.4, 0.5) is 5.82 Å². The maximum atomic E-state index is 5.73. The van der Waals surface area contributed by atoms with Crippen LogP contribution >= 0.6 is 0 Å². The first-order valence-corrected chi connectivity index (χ1v) is 5.34. The standard InChI is InChI=1S/C11H17N3O2/c1-11(2,3)10-13-8(12)4-9(14-10)16-7-5-15-6-7/h4,7H,5-6H2,1-3H3,(H2,12,13,14). The molecule has 2 N–H and O–H groups in total. The van der Waals surface area contributed by atoms with Crippen LogP contribution in [0.15, 0.2) is 6.07 Å². The molecule has 16 heavy (non-hydrogen) atoms. The van der Waals surface area contributed by atoms with Gasteiger partial charge in [0.1, 0.15) is 17.7 Å². The second kappa shape index (κ2) is 3.90. The maximum Gasteiger partial charge on any atom is 0.219 e. The van der Waals surface area contributed by atoms with E-state index in [1.54, 1.807) is 6.07 Å². The number of ether oxygens (including phenoxy) is 2. The number of nitrogen functional groups attached to an aromatic ring is 1. The molecule has 1 fully saturated rings. The van der Waals surface area contributed by atoms with Gasteiger partial charge in [-0.15, -0.1) is 0 Å². The maximum absolute atomic E-state index is 5.73. The van der Waals surface area contributed by atoms with Crippen molar-refractivity contribution in [1.29, 1.82) is 0 Å². The van der Waals surface area contributed by atoms with E-state index in [2.05, 4.69) is 9.97 Å². The number of aromatic nitrogens is 2. The molecule has 0 amide bonds. The van der Waals surface area contributed by atoms with E-state index >= 15 is 0 Å². The van der Waals surface area contributed by atoms with E-state index in [0.29, 0.717) is 30.7 Å². The van der Waals surface area contributed by atoms with Gasteiger partial charge in [-0.2, -0.15) is 4.98 Å². The quantitative estimate of drug-likeness (QED) is 0.814. The lowest BCUT2D eigenvalue weighted by atomic mass is 9.96. The van der Waals surface area contributed by atoms with E-state index in [-0.39, 0.29) is 11.5 Å². The zero-order valence-electron chi connectivity index (χ0n) is 9.86. The van der Waals surface area contributed by atoms with E-state index in [9.17, 15) is 0 Å². The summed E-state index contributed by atoms with van der Waals surface area (Å²) in [7, 11) is 0. The van der Waals surface area contributed by atoms with E-state index in [4.69, 9.17) is 15.2 Å². The summed E-state index contributed by atoms with van der Waals surface area (Å²) in [5.41, 5.74) is 5.59. The second-order valence-corrected chi connectivity index (χ2v) is 4.98. The van der Waals surface area contributed by atoms with Crippen molar-refractivity contribution < 1.29 is 9.47 Å². The lowest BCUT2D eigenvalue weighted by Gasteiger charge is -2.27. The zero-order valence-corrected chi connectivity index (χ0v) is 9.86. The normalized spacial score (nSPS) is 16.9. The van der Waals surface area contributed by atoms with Gasteiger partial charge in [0.2, 0.25) is 5.88 Å². The highest BCUT2D eigenvalue weighted by Crippen LogP contribution is 2.23. The van der Waals surface area contributed by atoms with Crippen molar-refractivity contribution in [1.82, 2.24) is 9.97 Å². The van der Waals surface area contributed by atoms with Gasteiger partial charge in [-0.05, 0) is 0 Å². The van der Waals surface area contributed by atoms with Crippen molar-refractivity contribution in [3.63, 3.8) is 0 Å². The van der Waals surface area contributed by atoms with Crippen LogP contribution in [-0.2, 0) is 10.2 Å². The lowest BCUT2D eigenvalue weighted by molar-refractivity contribution is -0.0814. The highest BCUT2D eigenvalue weighted by molar-refractivity contribution is 5.34. The van der Waals surface area contributed by atoms with E-state index in [1.165, 1.54) is 0 Å². The third kappa shape index (κ3) is 2.41. The number of nitrogens with two attached hydrogens (primary N) is 1. The van der Waals surface area contributed by atoms with Crippen LogP contribution in [0.25, 0.3) is 0 Å². The fraction of sp³-hybridized carbons (Fsp3) is 0.636. The van der Waals surface area contributed by atoms with Crippen molar-refractivity contribution in [3.8, 4) is 5.88 Å². The third-order valence-electron chi connectivity index (χ3n) is 2.29. The molecular formula is C11H17N3O2. The van der Waals surface area contributed by atoms with E-state index in [1.807, 2.05) is 20.8 Å². The summed E-state index contributed by atoms with van der Waals surface area (Å²) >= 11 is 0. The number of hydrogen-bond donors (Lipinski definition) is 1. The van der Waals surface area contributed by atoms with Gasteiger partial charge in [0.15, 0.2) is 0 Å². The Morgan fingerprint density at radius 3 is 2.56 bits per heavy atom. The molecule has 1 saturated heterocycles. The van der Waals surface area contributed by atoms with Gasteiger partial charge in [0.05, 0.1) is 13.2 Å². The van der Waals surface area contributed by atoms with Crippen molar-refractivity contribution in [2.24, 2.45) is 0 Å². The summed E-state index contributed by atoms with van der Waals surface area (Å²) in [6.07, 6.45) is 0.0992. The Morgan fingerprint density at radius 2 is 2.06 bits per heavy atom. The summed E-state index contributed by atoms with van der Waals surface area (Å²) < 4.78 is 10.6. The van der Waals surface area contributed by atoms with Crippen molar-refractivity contribution in [2.45, 2.75) is 32.3 Å². The predicted molar refractivity (Wildman–Crippen MR) is 60.4 cm³/mol.